The summed E-state index contributed by atoms with van der Waals surface area (Å²) >= 11 is 0. The lowest BCUT2D eigenvalue weighted by Gasteiger charge is -2.20. The van der Waals surface area contributed by atoms with Crippen molar-refractivity contribution in [1.29, 1.82) is 0 Å². The van der Waals surface area contributed by atoms with Crippen molar-refractivity contribution in [2.75, 3.05) is 0 Å². The maximum atomic E-state index is 13.7. The molecule has 0 aromatic heterocycles. The minimum atomic E-state index is -1.14. The molecule has 0 bridgehead atoms. The van der Waals surface area contributed by atoms with E-state index in [2.05, 4.69) is 0 Å². The molecule has 0 unspecified atom stereocenters. The summed E-state index contributed by atoms with van der Waals surface area (Å²) in [4.78, 5) is 10.8. The number of halogens is 2. The van der Waals surface area contributed by atoms with Crippen LogP contribution in [-0.4, -0.2) is 11.1 Å². The predicted octanol–water partition coefficient (Wildman–Crippen LogP) is 3.87. The molecule has 18 heavy (non-hydrogen) atoms. The van der Waals surface area contributed by atoms with Crippen molar-refractivity contribution < 1.29 is 18.7 Å². The standard InChI is InChI=1S/C14H16F2O2/c1-14(2,3)8-9(6-13(17)18)11-5-4-10(15)7-12(11)16/h4-7H,8H2,1-3H3,(H,17,18)/b9-6-. The molecule has 0 aliphatic rings. The van der Waals surface area contributed by atoms with E-state index in [1.165, 1.54) is 6.07 Å². The van der Waals surface area contributed by atoms with Gasteiger partial charge in [0.1, 0.15) is 11.6 Å². The van der Waals surface area contributed by atoms with E-state index < -0.39 is 17.6 Å². The molecule has 1 rings (SSSR count). The van der Waals surface area contributed by atoms with E-state index in [-0.39, 0.29) is 11.0 Å². The first-order valence-corrected chi connectivity index (χ1v) is 5.58. The Kier molecular flexibility index (Phi) is 4.22. The normalized spacial score (nSPS) is 12.6. The van der Waals surface area contributed by atoms with E-state index in [9.17, 15) is 13.6 Å². The van der Waals surface area contributed by atoms with E-state index in [4.69, 9.17) is 5.11 Å². The third kappa shape index (κ3) is 4.28. The third-order valence-electron chi connectivity index (χ3n) is 2.30. The number of carboxylic acids is 1. The molecule has 0 heterocycles. The lowest BCUT2D eigenvalue weighted by atomic mass is 9.85. The summed E-state index contributed by atoms with van der Waals surface area (Å²) in [6, 6.07) is 3.15. The number of carboxylic acid groups (broad SMARTS) is 1. The number of rotatable bonds is 3. The fourth-order valence-corrected chi connectivity index (χ4v) is 1.69. The highest BCUT2D eigenvalue weighted by Crippen LogP contribution is 2.31. The third-order valence-corrected chi connectivity index (χ3v) is 2.30. The van der Waals surface area contributed by atoms with E-state index in [0.717, 1.165) is 18.2 Å². The zero-order valence-corrected chi connectivity index (χ0v) is 10.6. The van der Waals surface area contributed by atoms with Gasteiger partial charge in [-0.25, -0.2) is 13.6 Å². The largest absolute Gasteiger partial charge is 0.478 e. The second-order valence-corrected chi connectivity index (χ2v) is 5.37. The maximum Gasteiger partial charge on any atom is 0.328 e. The van der Waals surface area contributed by atoms with Crippen LogP contribution in [0.25, 0.3) is 5.57 Å². The van der Waals surface area contributed by atoms with Crippen LogP contribution in [0.4, 0.5) is 8.78 Å². The molecule has 0 saturated carbocycles. The van der Waals surface area contributed by atoms with Crippen molar-refractivity contribution in [3.05, 3.63) is 41.5 Å². The van der Waals surface area contributed by atoms with Gasteiger partial charge >= 0.3 is 5.97 Å². The van der Waals surface area contributed by atoms with Gasteiger partial charge in [0.05, 0.1) is 0 Å². The van der Waals surface area contributed by atoms with Gasteiger partial charge in [-0.3, -0.25) is 0 Å². The molecule has 4 heteroatoms. The number of allylic oxidation sites excluding steroid dienone is 1. The van der Waals surface area contributed by atoms with Crippen LogP contribution in [0.2, 0.25) is 0 Å². The second-order valence-electron chi connectivity index (χ2n) is 5.37. The Hall–Kier alpha value is -1.71. The summed E-state index contributed by atoms with van der Waals surface area (Å²) in [6.45, 7) is 5.76. The number of hydrogen-bond donors (Lipinski definition) is 1. The highest BCUT2D eigenvalue weighted by atomic mass is 19.1. The van der Waals surface area contributed by atoms with Gasteiger partial charge in [-0.1, -0.05) is 20.8 Å². The first-order chi connectivity index (χ1) is 8.19. The Labute approximate surface area is 105 Å². The van der Waals surface area contributed by atoms with Crippen molar-refractivity contribution in [3.63, 3.8) is 0 Å². The molecule has 1 aromatic carbocycles. The Bertz CT molecular complexity index is 485. The van der Waals surface area contributed by atoms with E-state index in [1.54, 1.807) is 0 Å². The summed E-state index contributed by atoms with van der Waals surface area (Å²) in [5.41, 5.74) is 0.295. The second kappa shape index (κ2) is 5.29. The van der Waals surface area contributed by atoms with Gasteiger partial charge in [0.2, 0.25) is 0 Å². The van der Waals surface area contributed by atoms with Gasteiger partial charge in [-0.05, 0) is 29.5 Å². The minimum absolute atomic E-state index is 0.133. The summed E-state index contributed by atoms with van der Waals surface area (Å²) in [5, 5.41) is 8.81. The smallest absolute Gasteiger partial charge is 0.328 e. The lowest BCUT2D eigenvalue weighted by Crippen LogP contribution is -2.08. The molecule has 2 nitrogen and oxygen atoms in total. The molecule has 0 aliphatic carbocycles. The van der Waals surface area contributed by atoms with Crippen LogP contribution in [-0.2, 0) is 4.79 Å². The van der Waals surface area contributed by atoms with E-state index in [1.807, 2.05) is 20.8 Å². The SMILES string of the molecule is CC(C)(C)C/C(=C/C(=O)O)c1ccc(F)cc1F. The van der Waals surface area contributed by atoms with Crippen LogP contribution in [0.3, 0.4) is 0 Å². The first-order valence-electron chi connectivity index (χ1n) is 5.58. The van der Waals surface area contributed by atoms with Gasteiger partial charge in [0.25, 0.3) is 0 Å². The highest BCUT2D eigenvalue weighted by Gasteiger charge is 2.18. The van der Waals surface area contributed by atoms with Gasteiger partial charge in [0.15, 0.2) is 0 Å². The average molecular weight is 254 g/mol. The molecular weight excluding hydrogens is 238 g/mol. The monoisotopic (exact) mass is 254 g/mol. The Balaban J connectivity index is 3.22. The molecule has 0 amide bonds. The van der Waals surface area contributed by atoms with Gasteiger partial charge in [-0.2, -0.15) is 0 Å². The Morgan fingerprint density at radius 3 is 2.39 bits per heavy atom. The topological polar surface area (TPSA) is 37.3 Å². The average Bonchev–Trinajstić information content (AvgIpc) is 2.12. The first kappa shape index (κ1) is 14.4. The molecule has 1 N–H and O–H groups in total. The fourth-order valence-electron chi connectivity index (χ4n) is 1.69. The van der Waals surface area contributed by atoms with Crippen LogP contribution < -0.4 is 0 Å². The maximum absolute atomic E-state index is 13.7. The molecule has 0 radical (unpaired) electrons. The van der Waals surface area contributed by atoms with Gasteiger partial charge in [-0.15, -0.1) is 0 Å². The molecule has 0 spiro atoms. The van der Waals surface area contributed by atoms with Crippen LogP contribution >= 0.6 is 0 Å². The zero-order chi connectivity index (χ0) is 13.9. The molecule has 0 saturated heterocycles. The predicted molar refractivity (Wildman–Crippen MR) is 66.0 cm³/mol. The van der Waals surface area contributed by atoms with Gasteiger partial charge < -0.3 is 5.11 Å². The molecule has 98 valence electrons. The molecular formula is C14H16F2O2. The Morgan fingerprint density at radius 1 is 1.33 bits per heavy atom. The number of benzene rings is 1. The van der Waals surface area contributed by atoms with Crippen LogP contribution in [0, 0.1) is 17.0 Å². The number of carbonyl (C=O) groups is 1. The zero-order valence-electron chi connectivity index (χ0n) is 10.6. The van der Waals surface area contributed by atoms with E-state index >= 15 is 0 Å². The Morgan fingerprint density at radius 2 is 1.94 bits per heavy atom. The van der Waals surface area contributed by atoms with Crippen molar-refractivity contribution in [3.8, 4) is 0 Å². The number of hydrogen-bond acceptors (Lipinski definition) is 1. The quantitative estimate of drug-likeness (QED) is 0.831. The molecule has 0 aliphatic heterocycles. The van der Waals surface area contributed by atoms with Gasteiger partial charge in [0, 0.05) is 17.7 Å². The lowest BCUT2D eigenvalue weighted by molar-refractivity contribution is -0.131. The van der Waals surface area contributed by atoms with Crippen LogP contribution in [0.1, 0.15) is 32.8 Å². The summed E-state index contributed by atoms with van der Waals surface area (Å²) < 4.78 is 26.5. The molecule has 0 fully saturated rings. The minimum Gasteiger partial charge on any atom is -0.478 e. The van der Waals surface area contributed by atoms with Crippen molar-refractivity contribution >= 4 is 11.5 Å². The van der Waals surface area contributed by atoms with Crippen LogP contribution in [0.5, 0.6) is 0 Å². The summed E-state index contributed by atoms with van der Waals surface area (Å²) in [7, 11) is 0. The van der Waals surface area contributed by atoms with Crippen molar-refractivity contribution in [2.24, 2.45) is 5.41 Å². The highest BCUT2D eigenvalue weighted by molar-refractivity contribution is 5.90. The van der Waals surface area contributed by atoms with Crippen molar-refractivity contribution in [2.45, 2.75) is 27.2 Å². The number of aliphatic carboxylic acids is 1. The van der Waals surface area contributed by atoms with E-state index in [0.29, 0.717) is 12.0 Å². The van der Waals surface area contributed by atoms with Crippen LogP contribution in [0.15, 0.2) is 24.3 Å². The summed E-state index contributed by atoms with van der Waals surface area (Å²) in [6.07, 6.45) is 1.36. The molecule has 1 aromatic rings. The molecule has 0 atom stereocenters. The fraction of sp³-hybridized carbons (Fsp3) is 0.357. The summed E-state index contributed by atoms with van der Waals surface area (Å²) in [5.74, 6) is -2.56. The van der Waals surface area contributed by atoms with Crippen molar-refractivity contribution in [1.82, 2.24) is 0 Å².